The first-order valence-electron chi connectivity index (χ1n) is 7.00. The van der Waals surface area contributed by atoms with Crippen molar-refractivity contribution in [2.24, 2.45) is 0 Å². The lowest BCUT2D eigenvalue weighted by molar-refractivity contribution is 0.0656. The molecule has 1 saturated heterocycles. The summed E-state index contributed by atoms with van der Waals surface area (Å²) in [5, 5.41) is 5.96. The van der Waals surface area contributed by atoms with Crippen LogP contribution in [0.1, 0.15) is 33.1 Å². The monoisotopic (exact) mass is 285 g/mol. The fraction of sp³-hybridized carbons (Fsp3) is 0.643. The van der Waals surface area contributed by atoms with E-state index in [1.54, 1.807) is 0 Å². The number of aromatic nitrogens is 1. The van der Waals surface area contributed by atoms with E-state index in [9.17, 15) is 8.78 Å². The van der Waals surface area contributed by atoms with E-state index in [-0.39, 0.29) is 17.2 Å². The van der Waals surface area contributed by atoms with E-state index in [1.165, 1.54) is 0 Å². The van der Waals surface area contributed by atoms with Crippen LogP contribution in [-0.2, 0) is 4.74 Å². The van der Waals surface area contributed by atoms with Gasteiger partial charge in [-0.15, -0.1) is 0 Å². The standard InChI is InChI=1S/C14H21F2N3O/c1-3-6-17-12-10(15)9-11(16)13(18-12)19-14(2)4-7-20-8-5-14/h9H,3-8H2,1-2H3,(H2,17,18,19). The molecule has 0 atom stereocenters. The second-order valence-corrected chi connectivity index (χ2v) is 5.37. The first-order valence-corrected chi connectivity index (χ1v) is 7.00. The third-order valence-electron chi connectivity index (χ3n) is 3.49. The van der Waals surface area contributed by atoms with Crippen molar-refractivity contribution in [2.45, 2.75) is 38.6 Å². The maximum Gasteiger partial charge on any atom is 0.168 e. The van der Waals surface area contributed by atoms with Gasteiger partial charge in [0.05, 0.1) is 0 Å². The van der Waals surface area contributed by atoms with Crippen LogP contribution in [0.3, 0.4) is 0 Å². The Labute approximate surface area is 117 Å². The highest BCUT2D eigenvalue weighted by Crippen LogP contribution is 2.27. The molecule has 1 aliphatic rings. The minimum absolute atomic E-state index is 0.0893. The van der Waals surface area contributed by atoms with Crippen molar-refractivity contribution in [1.82, 2.24) is 4.98 Å². The molecule has 2 N–H and O–H groups in total. The molecule has 2 rings (SSSR count). The molecule has 0 aromatic carbocycles. The molecule has 0 spiro atoms. The van der Waals surface area contributed by atoms with Gasteiger partial charge in [-0.25, -0.2) is 13.8 Å². The minimum atomic E-state index is -0.669. The second kappa shape index (κ2) is 6.35. The Hall–Kier alpha value is -1.43. The van der Waals surface area contributed by atoms with Crippen LogP contribution in [0.4, 0.5) is 20.4 Å². The molecule has 0 aliphatic carbocycles. The van der Waals surface area contributed by atoms with Crippen LogP contribution in [-0.4, -0.2) is 30.3 Å². The summed E-state index contributed by atoms with van der Waals surface area (Å²) in [5.41, 5.74) is -0.272. The third-order valence-corrected chi connectivity index (χ3v) is 3.49. The van der Waals surface area contributed by atoms with Crippen LogP contribution in [0.25, 0.3) is 0 Å². The lowest BCUT2D eigenvalue weighted by atomic mass is 9.92. The average Bonchev–Trinajstić information content (AvgIpc) is 2.41. The normalized spacial score (nSPS) is 17.8. The molecule has 2 heterocycles. The molecular weight excluding hydrogens is 264 g/mol. The number of pyridine rings is 1. The molecular formula is C14H21F2N3O. The van der Waals surface area contributed by atoms with Crippen LogP contribution in [0.15, 0.2) is 6.07 Å². The summed E-state index contributed by atoms with van der Waals surface area (Å²) in [4.78, 5) is 4.04. The van der Waals surface area contributed by atoms with Crippen LogP contribution in [0.2, 0.25) is 0 Å². The molecule has 20 heavy (non-hydrogen) atoms. The molecule has 1 aliphatic heterocycles. The van der Waals surface area contributed by atoms with E-state index >= 15 is 0 Å². The molecule has 1 fully saturated rings. The Morgan fingerprint density at radius 1 is 1.25 bits per heavy atom. The number of hydrogen-bond donors (Lipinski definition) is 2. The highest BCUT2D eigenvalue weighted by Gasteiger charge is 2.29. The number of hydrogen-bond acceptors (Lipinski definition) is 4. The lowest BCUT2D eigenvalue weighted by Crippen LogP contribution is -2.41. The molecule has 0 radical (unpaired) electrons. The topological polar surface area (TPSA) is 46.2 Å². The van der Waals surface area contributed by atoms with E-state index in [0.29, 0.717) is 19.8 Å². The van der Waals surface area contributed by atoms with Gasteiger partial charge in [-0.3, -0.25) is 0 Å². The SMILES string of the molecule is CCCNc1nc(NC2(C)CCOCC2)c(F)cc1F. The fourth-order valence-corrected chi connectivity index (χ4v) is 2.15. The fourth-order valence-electron chi connectivity index (χ4n) is 2.15. The summed E-state index contributed by atoms with van der Waals surface area (Å²) in [6.45, 7) is 5.83. The van der Waals surface area contributed by atoms with Gasteiger partial charge in [-0.1, -0.05) is 6.92 Å². The molecule has 0 saturated carbocycles. The first-order chi connectivity index (χ1) is 9.54. The van der Waals surface area contributed by atoms with Gasteiger partial charge < -0.3 is 15.4 Å². The van der Waals surface area contributed by atoms with Gasteiger partial charge in [0.2, 0.25) is 0 Å². The number of nitrogens with zero attached hydrogens (tertiary/aromatic N) is 1. The smallest absolute Gasteiger partial charge is 0.168 e. The zero-order valence-corrected chi connectivity index (χ0v) is 11.9. The van der Waals surface area contributed by atoms with E-state index < -0.39 is 11.6 Å². The van der Waals surface area contributed by atoms with Crippen molar-refractivity contribution in [3.8, 4) is 0 Å². The number of anilines is 2. The largest absolute Gasteiger partial charge is 0.381 e. The zero-order valence-electron chi connectivity index (χ0n) is 11.9. The summed E-state index contributed by atoms with van der Waals surface area (Å²) in [7, 11) is 0. The van der Waals surface area contributed by atoms with Crippen LogP contribution in [0.5, 0.6) is 0 Å². The molecule has 0 bridgehead atoms. The maximum absolute atomic E-state index is 13.9. The summed E-state index contributed by atoms with van der Waals surface area (Å²) < 4.78 is 32.8. The third kappa shape index (κ3) is 3.56. The molecule has 0 unspecified atom stereocenters. The van der Waals surface area contributed by atoms with E-state index in [0.717, 1.165) is 25.3 Å². The predicted molar refractivity (Wildman–Crippen MR) is 75.0 cm³/mol. The van der Waals surface area contributed by atoms with E-state index in [1.807, 2.05) is 13.8 Å². The molecule has 4 nitrogen and oxygen atoms in total. The predicted octanol–water partition coefficient (Wildman–Crippen LogP) is 3.16. The number of nitrogens with one attached hydrogen (secondary N) is 2. The zero-order chi connectivity index (χ0) is 14.6. The second-order valence-electron chi connectivity index (χ2n) is 5.37. The van der Waals surface area contributed by atoms with Crippen molar-refractivity contribution >= 4 is 11.6 Å². The number of ether oxygens (including phenoxy) is 1. The molecule has 1 aromatic heterocycles. The van der Waals surface area contributed by atoms with Crippen LogP contribution in [0, 0.1) is 11.6 Å². The summed E-state index contributed by atoms with van der Waals surface area (Å²) in [6, 6.07) is 0.871. The quantitative estimate of drug-likeness (QED) is 0.872. The van der Waals surface area contributed by atoms with Crippen LogP contribution < -0.4 is 10.6 Å². The summed E-state index contributed by atoms with van der Waals surface area (Å²) in [6.07, 6.45) is 2.38. The molecule has 0 amide bonds. The van der Waals surface area contributed by atoms with E-state index in [4.69, 9.17) is 4.74 Å². The van der Waals surface area contributed by atoms with Crippen molar-refractivity contribution < 1.29 is 13.5 Å². The first kappa shape index (κ1) is 15.0. The van der Waals surface area contributed by atoms with Crippen LogP contribution >= 0.6 is 0 Å². The Balaban J connectivity index is 2.17. The number of halogens is 2. The number of rotatable bonds is 5. The summed E-state index contributed by atoms with van der Waals surface area (Å²) >= 11 is 0. The Morgan fingerprint density at radius 2 is 1.90 bits per heavy atom. The maximum atomic E-state index is 13.9. The Morgan fingerprint density at radius 3 is 2.55 bits per heavy atom. The summed E-state index contributed by atoms with van der Waals surface area (Å²) in [5.74, 6) is -1.16. The van der Waals surface area contributed by atoms with Gasteiger partial charge in [0.25, 0.3) is 0 Å². The van der Waals surface area contributed by atoms with Crippen molar-refractivity contribution in [2.75, 3.05) is 30.4 Å². The van der Waals surface area contributed by atoms with Crippen molar-refractivity contribution in [3.63, 3.8) is 0 Å². The van der Waals surface area contributed by atoms with Gasteiger partial charge in [0, 0.05) is 31.4 Å². The Bertz CT molecular complexity index is 462. The highest BCUT2D eigenvalue weighted by atomic mass is 19.1. The molecule has 1 aromatic rings. The van der Waals surface area contributed by atoms with Gasteiger partial charge in [-0.2, -0.15) is 0 Å². The van der Waals surface area contributed by atoms with Crippen molar-refractivity contribution in [3.05, 3.63) is 17.7 Å². The minimum Gasteiger partial charge on any atom is -0.381 e. The van der Waals surface area contributed by atoms with Gasteiger partial charge >= 0.3 is 0 Å². The van der Waals surface area contributed by atoms with E-state index in [2.05, 4.69) is 15.6 Å². The van der Waals surface area contributed by atoms with Gasteiger partial charge in [0.1, 0.15) is 0 Å². The lowest BCUT2D eigenvalue weighted by Gasteiger charge is -2.35. The Kier molecular flexibility index (Phi) is 4.75. The molecule has 6 heteroatoms. The average molecular weight is 285 g/mol. The molecule has 112 valence electrons. The highest BCUT2D eigenvalue weighted by molar-refractivity contribution is 5.48. The van der Waals surface area contributed by atoms with Gasteiger partial charge in [-0.05, 0) is 26.2 Å². The van der Waals surface area contributed by atoms with Crippen molar-refractivity contribution in [1.29, 1.82) is 0 Å². The van der Waals surface area contributed by atoms with Gasteiger partial charge in [0.15, 0.2) is 23.3 Å².